The molecule has 0 amide bonds. The van der Waals surface area contributed by atoms with Gasteiger partial charge in [0.15, 0.2) is 0 Å². The van der Waals surface area contributed by atoms with Crippen LogP contribution in [0.5, 0.6) is 0 Å². The lowest BCUT2D eigenvalue weighted by molar-refractivity contribution is 0.544. The van der Waals surface area contributed by atoms with Crippen LogP contribution in [0.2, 0.25) is 0 Å². The van der Waals surface area contributed by atoms with E-state index in [1.165, 1.54) is 19.3 Å². The van der Waals surface area contributed by atoms with E-state index in [0.29, 0.717) is 0 Å². The van der Waals surface area contributed by atoms with Gasteiger partial charge >= 0.3 is 0 Å². The van der Waals surface area contributed by atoms with Crippen molar-refractivity contribution in [2.75, 3.05) is 11.9 Å². The monoisotopic (exact) mass is 193 g/mol. The van der Waals surface area contributed by atoms with Crippen LogP contribution in [0.4, 0.5) is 5.82 Å². The maximum Gasteiger partial charge on any atom is 0.129 e. The second kappa shape index (κ2) is 6.35. The molecule has 0 aliphatic carbocycles. The summed E-state index contributed by atoms with van der Waals surface area (Å²) < 4.78 is 0. The summed E-state index contributed by atoms with van der Waals surface area (Å²) >= 11 is 0. The molecule has 0 saturated carbocycles. The van der Waals surface area contributed by atoms with Crippen LogP contribution in [0.15, 0.2) is 18.6 Å². The molecule has 1 heterocycles. The Kier molecular flexibility index (Phi) is 4.97. The Hall–Kier alpha value is -1.12. The predicted octanol–water partition coefficient (Wildman–Crippen LogP) is 2.71. The SMILES string of the molecule is CC(C)CCCCNc1ccncn1. The molecule has 0 radical (unpaired) electrons. The standard InChI is InChI=1S/C11H19N3/c1-10(2)5-3-4-7-13-11-6-8-12-9-14-11/h6,8-10H,3-5,7H2,1-2H3,(H,12,13,14). The van der Waals surface area contributed by atoms with Crippen molar-refractivity contribution in [3.63, 3.8) is 0 Å². The van der Waals surface area contributed by atoms with Crippen molar-refractivity contribution in [2.45, 2.75) is 33.1 Å². The van der Waals surface area contributed by atoms with Crippen LogP contribution in [0, 0.1) is 5.92 Å². The molecule has 0 saturated heterocycles. The minimum atomic E-state index is 0.814. The largest absolute Gasteiger partial charge is 0.370 e. The Labute approximate surface area is 86.0 Å². The molecule has 0 aromatic carbocycles. The van der Waals surface area contributed by atoms with Gasteiger partial charge in [-0.2, -0.15) is 0 Å². The highest BCUT2D eigenvalue weighted by molar-refractivity contribution is 5.30. The van der Waals surface area contributed by atoms with E-state index in [-0.39, 0.29) is 0 Å². The lowest BCUT2D eigenvalue weighted by atomic mass is 10.1. The van der Waals surface area contributed by atoms with E-state index in [1.807, 2.05) is 6.07 Å². The molecule has 14 heavy (non-hydrogen) atoms. The Morgan fingerprint density at radius 3 is 2.86 bits per heavy atom. The van der Waals surface area contributed by atoms with E-state index in [0.717, 1.165) is 18.3 Å². The molecule has 0 aliphatic heterocycles. The molecule has 1 aromatic rings. The molecule has 0 aliphatic rings. The number of hydrogen-bond acceptors (Lipinski definition) is 3. The Morgan fingerprint density at radius 1 is 1.36 bits per heavy atom. The van der Waals surface area contributed by atoms with Gasteiger partial charge in [0.2, 0.25) is 0 Å². The van der Waals surface area contributed by atoms with Gasteiger partial charge in [0.25, 0.3) is 0 Å². The summed E-state index contributed by atoms with van der Waals surface area (Å²) in [5.41, 5.74) is 0. The summed E-state index contributed by atoms with van der Waals surface area (Å²) in [5.74, 6) is 1.73. The van der Waals surface area contributed by atoms with Crippen molar-refractivity contribution in [3.8, 4) is 0 Å². The van der Waals surface area contributed by atoms with Gasteiger partial charge < -0.3 is 5.32 Å². The van der Waals surface area contributed by atoms with E-state index < -0.39 is 0 Å². The van der Waals surface area contributed by atoms with Gasteiger partial charge in [0, 0.05) is 12.7 Å². The summed E-state index contributed by atoms with van der Waals surface area (Å²) in [5, 5.41) is 3.27. The summed E-state index contributed by atoms with van der Waals surface area (Å²) in [7, 11) is 0. The molecule has 0 spiro atoms. The fourth-order valence-electron chi connectivity index (χ4n) is 1.29. The second-order valence-electron chi connectivity index (χ2n) is 3.91. The van der Waals surface area contributed by atoms with Gasteiger partial charge in [0.05, 0.1) is 0 Å². The highest BCUT2D eigenvalue weighted by atomic mass is 15.0. The zero-order valence-electron chi connectivity index (χ0n) is 9.03. The number of nitrogens with zero attached hydrogens (tertiary/aromatic N) is 2. The predicted molar refractivity (Wildman–Crippen MR) is 59.2 cm³/mol. The van der Waals surface area contributed by atoms with Gasteiger partial charge in [-0.1, -0.05) is 26.7 Å². The minimum Gasteiger partial charge on any atom is -0.370 e. The number of anilines is 1. The van der Waals surface area contributed by atoms with Gasteiger partial charge in [-0.15, -0.1) is 0 Å². The lowest BCUT2D eigenvalue weighted by Gasteiger charge is -2.06. The number of unbranched alkanes of at least 4 members (excludes halogenated alkanes) is 1. The van der Waals surface area contributed by atoms with Gasteiger partial charge in [0.1, 0.15) is 12.1 Å². The van der Waals surface area contributed by atoms with Gasteiger partial charge in [-0.25, -0.2) is 9.97 Å². The van der Waals surface area contributed by atoms with E-state index >= 15 is 0 Å². The first-order valence-corrected chi connectivity index (χ1v) is 5.29. The molecule has 1 rings (SSSR count). The average molecular weight is 193 g/mol. The molecule has 1 N–H and O–H groups in total. The zero-order chi connectivity index (χ0) is 10.2. The van der Waals surface area contributed by atoms with Gasteiger partial charge in [-0.05, 0) is 18.4 Å². The third-order valence-electron chi connectivity index (χ3n) is 2.10. The molecule has 0 fully saturated rings. The Morgan fingerprint density at radius 2 is 2.21 bits per heavy atom. The van der Waals surface area contributed by atoms with Crippen LogP contribution < -0.4 is 5.32 Å². The molecular weight excluding hydrogens is 174 g/mol. The minimum absolute atomic E-state index is 0.814. The first kappa shape index (κ1) is 11.0. The smallest absolute Gasteiger partial charge is 0.129 e. The summed E-state index contributed by atoms with van der Waals surface area (Å²) in [6.45, 7) is 5.53. The topological polar surface area (TPSA) is 37.8 Å². The molecule has 78 valence electrons. The third-order valence-corrected chi connectivity index (χ3v) is 2.10. The van der Waals surface area contributed by atoms with E-state index in [2.05, 4.69) is 29.1 Å². The molecule has 0 bridgehead atoms. The van der Waals surface area contributed by atoms with Crippen LogP contribution in [-0.2, 0) is 0 Å². The molecule has 0 unspecified atom stereocenters. The van der Waals surface area contributed by atoms with Crippen molar-refractivity contribution in [3.05, 3.63) is 18.6 Å². The quantitative estimate of drug-likeness (QED) is 0.706. The van der Waals surface area contributed by atoms with Crippen LogP contribution in [0.3, 0.4) is 0 Å². The molecule has 3 heteroatoms. The average Bonchev–Trinajstić information content (AvgIpc) is 2.18. The zero-order valence-corrected chi connectivity index (χ0v) is 9.03. The van der Waals surface area contributed by atoms with Crippen LogP contribution in [-0.4, -0.2) is 16.5 Å². The molecular formula is C11H19N3. The fraction of sp³-hybridized carbons (Fsp3) is 0.636. The summed E-state index contributed by atoms with van der Waals surface area (Å²) in [6, 6.07) is 1.89. The van der Waals surface area contributed by atoms with Crippen LogP contribution in [0.1, 0.15) is 33.1 Å². The normalized spacial score (nSPS) is 10.5. The number of nitrogens with one attached hydrogen (secondary N) is 1. The number of aromatic nitrogens is 2. The fourth-order valence-corrected chi connectivity index (χ4v) is 1.29. The van der Waals surface area contributed by atoms with Crippen LogP contribution in [0.25, 0.3) is 0 Å². The first-order valence-electron chi connectivity index (χ1n) is 5.29. The lowest BCUT2D eigenvalue weighted by Crippen LogP contribution is -2.03. The Balaban J connectivity index is 2.05. The first-order chi connectivity index (χ1) is 6.79. The van der Waals surface area contributed by atoms with E-state index in [9.17, 15) is 0 Å². The van der Waals surface area contributed by atoms with Crippen molar-refractivity contribution in [1.82, 2.24) is 9.97 Å². The van der Waals surface area contributed by atoms with Crippen molar-refractivity contribution >= 4 is 5.82 Å². The number of rotatable bonds is 6. The van der Waals surface area contributed by atoms with Gasteiger partial charge in [-0.3, -0.25) is 0 Å². The van der Waals surface area contributed by atoms with E-state index in [1.54, 1.807) is 12.5 Å². The highest BCUT2D eigenvalue weighted by Gasteiger charge is 1.94. The maximum atomic E-state index is 4.09. The molecule has 3 nitrogen and oxygen atoms in total. The maximum absolute atomic E-state index is 4.09. The van der Waals surface area contributed by atoms with Crippen LogP contribution >= 0.6 is 0 Å². The van der Waals surface area contributed by atoms with Crippen molar-refractivity contribution in [2.24, 2.45) is 5.92 Å². The Bertz CT molecular complexity index is 234. The van der Waals surface area contributed by atoms with Crippen molar-refractivity contribution in [1.29, 1.82) is 0 Å². The van der Waals surface area contributed by atoms with Crippen molar-refractivity contribution < 1.29 is 0 Å². The number of hydrogen-bond donors (Lipinski definition) is 1. The van der Waals surface area contributed by atoms with E-state index in [4.69, 9.17) is 0 Å². The third kappa shape index (κ3) is 4.80. The second-order valence-corrected chi connectivity index (χ2v) is 3.91. The molecule has 0 atom stereocenters. The summed E-state index contributed by atoms with van der Waals surface area (Å²) in [4.78, 5) is 7.95. The highest BCUT2D eigenvalue weighted by Crippen LogP contribution is 2.06. The summed E-state index contributed by atoms with van der Waals surface area (Å²) in [6.07, 6.45) is 7.13. The molecule has 1 aromatic heterocycles.